The molecule has 1 heterocycles. The Morgan fingerprint density at radius 3 is 2.46 bits per heavy atom. The van der Waals surface area contributed by atoms with Crippen molar-refractivity contribution in [1.82, 2.24) is 0 Å². The van der Waals surface area contributed by atoms with E-state index in [9.17, 15) is 14.9 Å². The predicted octanol–water partition coefficient (Wildman–Crippen LogP) is 2.70. The van der Waals surface area contributed by atoms with Crippen LogP contribution in [0.3, 0.4) is 0 Å². The number of benzene rings is 2. The lowest BCUT2D eigenvalue weighted by atomic mass is 10.1. The molecule has 2 aromatic rings. The summed E-state index contributed by atoms with van der Waals surface area (Å²) >= 11 is 0. The fourth-order valence-corrected chi connectivity index (χ4v) is 3.00. The molecular formula is C19H21N3O6. The molecule has 28 heavy (non-hydrogen) atoms. The first kappa shape index (κ1) is 19.4. The molecule has 0 radical (unpaired) electrons. The number of ether oxygens (including phenoxy) is 3. The molecule has 1 aliphatic rings. The number of nitro benzene ring substituents is 1. The van der Waals surface area contributed by atoms with Gasteiger partial charge in [-0.15, -0.1) is 0 Å². The summed E-state index contributed by atoms with van der Waals surface area (Å²) < 4.78 is 15.7. The van der Waals surface area contributed by atoms with Crippen LogP contribution in [-0.2, 0) is 4.74 Å². The van der Waals surface area contributed by atoms with Crippen LogP contribution in [0, 0.1) is 10.1 Å². The molecule has 1 N–H and O–H groups in total. The highest BCUT2D eigenvalue weighted by molar-refractivity contribution is 6.05. The standard InChI is InChI=1S/C19H21N3O6/c1-26-17-6-3-13(11-18(17)27-2)19(23)20-14-4-5-15(16(12-14)22(24)25)21-7-9-28-10-8-21/h3-6,11-12H,7-10H2,1-2H3,(H,20,23). The summed E-state index contributed by atoms with van der Waals surface area (Å²) in [4.78, 5) is 25.5. The molecule has 3 rings (SSSR count). The first-order valence-corrected chi connectivity index (χ1v) is 8.68. The van der Waals surface area contributed by atoms with Crippen molar-refractivity contribution in [3.63, 3.8) is 0 Å². The van der Waals surface area contributed by atoms with E-state index >= 15 is 0 Å². The summed E-state index contributed by atoms with van der Waals surface area (Å²) in [5, 5.41) is 14.2. The average Bonchev–Trinajstić information content (AvgIpc) is 2.73. The lowest BCUT2D eigenvalue weighted by molar-refractivity contribution is -0.384. The van der Waals surface area contributed by atoms with Gasteiger partial charge in [0.25, 0.3) is 11.6 Å². The van der Waals surface area contributed by atoms with Gasteiger partial charge in [0.15, 0.2) is 11.5 Å². The maximum Gasteiger partial charge on any atom is 0.294 e. The van der Waals surface area contributed by atoms with Gasteiger partial charge in [-0.05, 0) is 30.3 Å². The van der Waals surface area contributed by atoms with Crippen LogP contribution in [-0.4, -0.2) is 51.4 Å². The Balaban J connectivity index is 1.83. The molecule has 1 fully saturated rings. The van der Waals surface area contributed by atoms with Crippen LogP contribution in [0.1, 0.15) is 10.4 Å². The second kappa shape index (κ2) is 8.57. The molecule has 2 aromatic carbocycles. The van der Waals surface area contributed by atoms with Crippen LogP contribution in [0.4, 0.5) is 17.1 Å². The Hall–Kier alpha value is -3.33. The highest BCUT2D eigenvalue weighted by atomic mass is 16.6. The van der Waals surface area contributed by atoms with E-state index in [0.29, 0.717) is 54.7 Å². The number of rotatable bonds is 6. The Morgan fingerprint density at radius 1 is 1.11 bits per heavy atom. The Labute approximate surface area is 162 Å². The first-order valence-electron chi connectivity index (χ1n) is 8.68. The third-order valence-corrected chi connectivity index (χ3v) is 4.43. The van der Waals surface area contributed by atoms with Gasteiger partial charge in [0, 0.05) is 30.4 Å². The van der Waals surface area contributed by atoms with Gasteiger partial charge in [-0.2, -0.15) is 0 Å². The molecule has 0 unspecified atom stereocenters. The minimum absolute atomic E-state index is 0.0630. The van der Waals surface area contributed by atoms with E-state index in [4.69, 9.17) is 14.2 Å². The minimum atomic E-state index is -0.448. The number of nitro groups is 1. The van der Waals surface area contributed by atoms with Crippen molar-refractivity contribution in [2.45, 2.75) is 0 Å². The topological polar surface area (TPSA) is 103 Å². The number of methoxy groups -OCH3 is 2. The monoisotopic (exact) mass is 387 g/mol. The second-order valence-corrected chi connectivity index (χ2v) is 6.08. The molecule has 1 saturated heterocycles. The molecule has 0 bridgehead atoms. The van der Waals surface area contributed by atoms with E-state index in [0.717, 1.165) is 0 Å². The van der Waals surface area contributed by atoms with E-state index < -0.39 is 10.8 Å². The maximum absolute atomic E-state index is 12.5. The van der Waals surface area contributed by atoms with Crippen LogP contribution >= 0.6 is 0 Å². The molecule has 0 spiro atoms. The lowest BCUT2D eigenvalue weighted by Gasteiger charge is -2.28. The maximum atomic E-state index is 12.5. The number of morpholine rings is 1. The SMILES string of the molecule is COc1ccc(C(=O)Nc2ccc(N3CCOCC3)c([N+](=O)[O-])c2)cc1OC. The average molecular weight is 387 g/mol. The minimum Gasteiger partial charge on any atom is -0.493 e. The van der Waals surface area contributed by atoms with Gasteiger partial charge in [0.05, 0.1) is 32.4 Å². The number of nitrogens with one attached hydrogen (secondary N) is 1. The second-order valence-electron chi connectivity index (χ2n) is 6.08. The Morgan fingerprint density at radius 2 is 1.82 bits per heavy atom. The number of anilines is 2. The van der Waals surface area contributed by atoms with Crippen LogP contribution in [0.2, 0.25) is 0 Å². The molecule has 0 aromatic heterocycles. The van der Waals surface area contributed by atoms with Crippen molar-refractivity contribution in [1.29, 1.82) is 0 Å². The molecule has 1 amide bonds. The number of hydrogen-bond acceptors (Lipinski definition) is 7. The zero-order chi connectivity index (χ0) is 20.1. The highest BCUT2D eigenvalue weighted by Crippen LogP contribution is 2.32. The third-order valence-electron chi connectivity index (χ3n) is 4.43. The fourth-order valence-electron chi connectivity index (χ4n) is 3.00. The van der Waals surface area contributed by atoms with Gasteiger partial charge in [0.2, 0.25) is 0 Å². The van der Waals surface area contributed by atoms with Gasteiger partial charge in [-0.25, -0.2) is 0 Å². The van der Waals surface area contributed by atoms with Gasteiger partial charge < -0.3 is 24.4 Å². The highest BCUT2D eigenvalue weighted by Gasteiger charge is 2.22. The number of amides is 1. The van der Waals surface area contributed by atoms with Gasteiger partial charge in [-0.1, -0.05) is 0 Å². The quantitative estimate of drug-likeness (QED) is 0.600. The molecule has 0 saturated carbocycles. The number of carbonyl (C=O) groups is 1. The van der Waals surface area contributed by atoms with Crippen molar-refractivity contribution in [2.75, 3.05) is 50.7 Å². The summed E-state index contributed by atoms with van der Waals surface area (Å²) in [6.07, 6.45) is 0. The van der Waals surface area contributed by atoms with E-state index in [1.165, 1.54) is 20.3 Å². The molecular weight excluding hydrogens is 366 g/mol. The molecule has 1 aliphatic heterocycles. The zero-order valence-electron chi connectivity index (χ0n) is 15.6. The van der Waals surface area contributed by atoms with Gasteiger partial charge >= 0.3 is 0 Å². The number of hydrogen-bond donors (Lipinski definition) is 1. The van der Waals surface area contributed by atoms with Crippen molar-refractivity contribution < 1.29 is 23.9 Å². The van der Waals surface area contributed by atoms with Gasteiger partial charge in [0.1, 0.15) is 5.69 Å². The normalized spacial score (nSPS) is 13.7. The lowest BCUT2D eigenvalue weighted by Crippen LogP contribution is -2.36. The summed E-state index contributed by atoms with van der Waals surface area (Å²) in [7, 11) is 2.99. The van der Waals surface area contributed by atoms with Crippen LogP contribution in [0.25, 0.3) is 0 Å². The third kappa shape index (κ3) is 4.15. The molecule has 0 atom stereocenters. The van der Waals surface area contributed by atoms with Crippen molar-refractivity contribution in [3.8, 4) is 11.5 Å². The molecule has 9 heteroatoms. The Bertz CT molecular complexity index is 880. The summed E-state index contributed by atoms with van der Waals surface area (Å²) in [5.74, 6) is 0.516. The van der Waals surface area contributed by atoms with E-state index in [-0.39, 0.29) is 5.69 Å². The molecule has 0 aliphatic carbocycles. The van der Waals surface area contributed by atoms with Crippen molar-refractivity contribution in [2.24, 2.45) is 0 Å². The van der Waals surface area contributed by atoms with Crippen LogP contribution in [0.5, 0.6) is 11.5 Å². The van der Waals surface area contributed by atoms with Crippen LogP contribution in [0.15, 0.2) is 36.4 Å². The summed E-state index contributed by atoms with van der Waals surface area (Å²) in [6, 6.07) is 9.42. The first-order chi connectivity index (χ1) is 13.5. The molecule has 9 nitrogen and oxygen atoms in total. The molecule has 148 valence electrons. The van der Waals surface area contributed by atoms with E-state index in [1.54, 1.807) is 30.3 Å². The number of nitrogens with zero attached hydrogens (tertiary/aromatic N) is 2. The Kier molecular flexibility index (Phi) is 5.95. The van der Waals surface area contributed by atoms with Crippen LogP contribution < -0.4 is 19.7 Å². The zero-order valence-corrected chi connectivity index (χ0v) is 15.6. The van der Waals surface area contributed by atoms with E-state index in [1.807, 2.05) is 4.90 Å². The van der Waals surface area contributed by atoms with E-state index in [2.05, 4.69) is 5.32 Å². The summed E-state index contributed by atoms with van der Waals surface area (Å²) in [6.45, 7) is 2.21. The summed E-state index contributed by atoms with van der Waals surface area (Å²) in [5.41, 5.74) is 1.13. The largest absolute Gasteiger partial charge is 0.493 e. The fraction of sp³-hybridized carbons (Fsp3) is 0.316. The van der Waals surface area contributed by atoms with Gasteiger partial charge in [-0.3, -0.25) is 14.9 Å². The van der Waals surface area contributed by atoms with Crippen molar-refractivity contribution >= 4 is 23.0 Å². The van der Waals surface area contributed by atoms with Crippen molar-refractivity contribution in [3.05, 3.63) is 52.1 Å². The number of carbonyl (C=O) groups excluding carboxylic acids is 1. The smallest absolute Gasteiger partial charge is 0.294 e. The predicted molar refractivity (Wildman–Crippen MR) is 104 cm³/mol.